The third-order valence-corrected chi connectivity index (χ3v) is 2.60. The van der Waals surface area contributed by atoms with Gasteiger partial charge in [0.25, 0.3) is 0 Å². The van der Waals surface area contributed by atoms with Crippen molar-refractivity contribution < 1.29 is 9.21 Å². The Morgan fingerprint density at radius 1 is 1.44 bits per heavy atom. The lowest BCUT2D eigenvalue weighted by atomic mass is 9.93. The quantitative estimate of drug-likeness (QED) is 0.768. The maximum absolute atomic E-state index is 11.1. The largest absolute Gasteiger partial charge is 0.465 e. The molecular formula is C12H20N2O2. The van der Waals surface area contributed by atoms with Crippen LogP contribution in [0, 0.1) is 5.41 Å². The lowest BCUT2D eigenvalue weighted by Crippen LogP contribution is -2.40. The first kappa shape index (κ1) is 12.8. The molecule has 4 heteroatoms. The number of hydrogen-bond donors (Lipinski definition) is 2. The molecule has 90 valence electrons. The summed E-state index contributed by atoms with van der Waals surface area (Å²) in [6.07, 6.45) is 0.896. The molecule has 0 aromatic carbocycles. The van der Waals surface area contributed by atoms with Gasteiger partial charge in [-0.05, 0) is 26.0 Å². The van der Waals surface area contributed by atoms with Gasteiger partial charge < -0.3 is 15.5 Å². The van der Waals surface area contributed by atoms with E-state index in [-0.39, 0.29) is 5.91 Å². The number of furan rings is 1. The summed E-state index contributed by atoms with van der Waals surface area (Å²) >= 11 is 0. The van der Waals surface area contributed by atoms with Crippen LogP contribution in [0.5, 0.6) is 0 Å². The number of primary amides is 1. The second-order valence-corrected chi connectivity index (χ2v) is 4.57. The third kappa shape index (κ3) is 3.38. The predicted molar refractivity (Wildman–Crippen MR) is 62.8 cm³/mol. The van der Waals surface area contributed by atoms with Crippen LogP contribution in [0.3, 0.4) is 0 Å². The smallest absolute Gasteiger partial charge is 0.224 e. The number of nitrogens with one attached hydrogen (secondary N) is 1. The highest BCUT2D eigenvalue weighted by Gasteiger charge is 2.24. The molecule has 0 aliphatic rings. The van der Waals surface area contributed by atoms with E-state index in [4.69, 9.17) is 10.2 Å². The van der Waals surface area contributed by atoms with Crippen molar-refractivity contribution in [3.63, 3.8) is 0 Å². The van der Waals surface area contributed by atoms with Gasteiger partial charge in [-0.1, -0.05) is 6.92 Å². The average molecular weight is 224 g/mol. The number of nitrogens with two attached hydrogens (primary N) is 1. The minimum atomic E-state index is -0.528. The van der Waals surface area contributed by atoms with E-state index in [2.05, 4.69) is 5.32 Å². The molecule has 0 unspecified atom stereocenters. The molecule has 1 heterocycles. The van der Waals surface area contributed by atoms with Gasteiger partial charge in [0.15, 0.2) is 0 Å². The molecule has 0 saturated heterocycles. The van der Waals surface area contributed by atoms with E-state index in [0.29, 0.717) is 13.1 Å². The Balaban J connectivity index is 2.38. The van der Waals surface area contributed by atoms with E-state index in [0.717, 1.165) is 17.9 Å². The van der Waals surface area contributed by atoms with Gasteiger partial charge >= 0.3 is 0 Å². The van der Waals surface area contributed by atoms with Gasteiger partial charge in [0, 0.05) is 13.0 Å². The predicted octanol–water partition coefficient (Wildman–Crippen LogP) is 1.44. The molecule has 3 N–H and O–H groups in total. The van der Waals surface area contributed by atoms with E-state index in [1.165, 1.54) is 0 Å². The summed E-state index contributed by atoms with van der Waals surface area (Å²) < 4.78 is 5.53. The van der Waals surface area contributed by atoms with Crippen molar-refractivity contribution in [2.45, 2.75) is 33.7 Å². The normalized spacial score (nSPS) is 11.7. The molecule has 0 aliphatic heterocycles. The summed E-state index contributed by atoms with van der Waals surface area (Å²) in [6, 6.07) is 3.92. The first-order chi connectivity index (χ1) is 7.45. The third-order valence-electron chi connectivity index (χ3n) is 2.60. The van der Waals surface area contributed by atoms with Gasteiger partial charge in [0.05, 0.1) is 12.0 Å². The zero-order chi connectivity index (χ0) is 12.2. The molecule has 0 radical (unpaired) electrons. The highest BCUT2D eigenvalue weighted by molar-refractivity contribution is 5.80. The molecule has 1 aromatic heterocycles. The van der Waals surface area contributed by atoms with Gasteiger partial charge in [0.1, 0.15) is 11.5 Å². The SMILES string of the molecule is CCc1ccc(CNCC(C)(C)C(N)=O)o1. The maximum atomic E-state index is 11.1. The molecule has 0 spiro atoms. The Bertz CT molecular complexity index is 356. The first-order valence-electron chi connectivity index (χ1n) is 5.54. The van der Waals surface area contributed by atoms with Gasteiger partial charge in [-0.25, -0.2) is 0 Å². The summed E-state index contributed by atoms with van der Waals surface area (Å²) in [5.74, 6) is 1.57. The fourth-order valence-electron chi connectivity index (χ4n) is 1.29. The molecular weight excluding hydrogens is 204 g/mol. The standard InChI is InChI=1S/C12H20N2O2/c1-4-9-5-6-10(16-9)7-14-8-12(2,3)11(13)15/h5-6,14H,4,7-8H2,1-3H3,(H2,13,15). The van der Waals surface area contributed by atoms with Gasteiger partial charge in [-0.3, -0.25) is 4.79 Å². The molecule has 0 atom stereocenters. The maximum Gasteiger partial charge on any atom is 0.224 e. The van der Waals surface area contributed by atoms with Crippen LogP contribution in [-0.4, -0.2) is 12.5 Å². The van der Waals surface area contributed by atoms with Crippen molar-refractivity contribution in [3.05, 3.63) is 23.7 Å². The monoisotopic (exact) mass is 224 g/mol. The van der Waals surface area contributed by atoms with Crippen molar-refractivity contribution in [2.24, 2.45) is 11.1 Å². The lowest BCUT2D eigenvalue weighted by Gasteiger charge is -2.20. The van der Waals surface area contributed by atoms with Crippen LogP contribution in [-0.2, 0) is 17.8 Å². The van der Waals surface area contributed by atoms with E-state index in [1.54, 1.807) is 0 Å². The highest BCUT2D eigenvalue weighted by atomic mass is 16.3. The van der Waals surface area contributed by atoms with Crippen molar-refractivity contribution >= 4 is 5.91 Å². The van der Waals surface area contributed by atoms with Crippen molar-refractivity contribution in [2.75, 3.05) is 6.54 Å². The number of hydrogen-bond acceptors (Lipinski definition) is 3. The molecule has 0 saturated carbocycles. The van der Waals surface area contributed by atoms with Crippen LogP contribution in [0.15, 0.2) is 16.5 Å². The highest BCUT2D eigenvalue weighted by Crippen LogP contribution is 2.13. The Hall–Kier alpha value is -1.29. The topological polar surface area (TPSA) is 68.3 Å². The van der Waals surface area contributed by atoms with E-state index in [9.17, 15) is 4.79 Å². The number of carbonyl (C=O) groups excluding carboxylic acids is 1. The fourth-order valence-corrected chi connectivity index (χ4v) is 1.29. The Kier molecular flexibility index (Phi) is 4.12. The average Bonchev–Trinajstić information content (AvgIpc) is 2.65. The molecule has 0 bridgehead atoms. The van der Waals surface area contributed by atoms with Crippen LogP contribution >= 0.6 is 0 Å². The van der Waals surface area contributed by atoms with Crippen LogP contribution in [0.1, 0.15) is 32.3 Å². The molecule has 1 rings (SSSR count). The Morgan fingerprint density at radius 2 is 2.06 bits per heavy atom. The second kappa shape index (κ2) is 5.16. The van der Waals surface area contributed by atoms with Gasteiger partial charge in [0.2, 0.25) is 5.91 Å². The van der Waals surface area contributed by atoms with Crippen LogP contribution < -0.4 is 11.1 Å². The lowest BCUT2D eigenvalue weighted by molar-refractivity contribution is -0.125. The summed E-state index contributed by atoms with van der Waals surface area (Å²) in [6.45, 7) is 6.86. The second-order valence-electron chi connectivity index (χ2n) is 4.57. The molecule has 1 aromatic rings. The van der Waals surface area contributed by atoms with Gasteiger partial charge in [-0.2, -0.15) is 0 Å². The number of carbonyl (C=O) groups is 1. The molecule has 4 nitrogen and oxygen atoms in total. The van der Waals surface area contributed by atoms with Crippen LogP contribution in [0.2, 0.25) is 0 Å². The minimum Gasteiger partial charge on any atom is -0.465 e. The minimum absolute atomic E-state index is 0.298. The van der Waals surface area contributed by atoms with Crippen LogP contribution in [0.4, 0.5) is 0 Å². The van der Waals surface area contributed by atoms with Crippen molar-refractivity contribution in [1.82, 2.24) is 5.32 Å². The van der Waals surface area contributed by atoms with E-state index < -0.39 is 5.41 Å². The van der Waals surface area contributed by atoms with E-state index >= 15 is 0 Å². The van der Waals surface area contributed by atoms with Crippen molar-refractivity contribution in [3.8, 4) is 0 Å². The molecule has 0 aliphatic carbocycles. The Labute approximate surface area is 96.2 Å². The number of aryl methyl sites for hydroxylation is 1. The number of rotatable bonds is 6. The van der Waals surface area contributed by atoms with Crippen LogP contribution in [0.25, 0.3) is 0 Å². The first-order valence-corrected chi connectivity index (χ1v) is 5.54. The number of amides is 1. The van der Waals surface area contributed by atoms with Crippen molar-refractivity contribution in [1.29, 1.82) is 0 Å². The summed E-state index contributed by atoms with van der Waals surface area (Å²) in [4.78, 5) is 11.1. The summed E-state index contributed by atoms with van der Waals surface area (Å²) in [5, 5.41) is 3.17. The summed E-state index contributed by atoms with van der Waals surface area (Å²) in [5.41, 5.74) is 4.75. The van der Waals surface area contributed by atoms with E-state index in [1.807, 2.05) is 32.9 Å². The molecule has 16 heavy (non-hydrogen) atoms. The summed E-state index contributed by atoms with van der Waals surface area (Å²) in [7, 11) is 0. The fraction of sp³-hybridized carbons (Fsp3) is 0.583. The zero-order valence-corrected chi connectivity index (χ0v) is 10.2. The van der Waals surface area contributed by atoms with Gasteiger partial charge in [-0.15, -0.1) is 0 Å². The molecule has 1 amide bonds. The zero-order valence-electron chi connectivity index (χ0n) is 10.2. The molecule has 0 fully saturated rings. The Morgan fingerprint density at radius 3 is 2.56 bits per heavy atom.